The number of ether oxygens (including phenoxy) is 5. The van der Waals surface area contributed by atoms with Gasteiger partial charge in [0.25, 0.3) is 0 Å². The van der Waals surface area contributed by atoms with Crippen molar-refractivity contribution in [2.45, 2.75) is 129 Å². The van der Waals surface area contributed by atoms with Gasteiger partial charge in [0.2, 0.25) is 5.91 Å². The number of amides is 1. The van der Waals surface area contributed by atoms with E-state index in [0.717, 1.165) is 19.3 Å². The first-order chi connectivity index (χ1) is 17.1. The number of esters is 3. The van der Waals surface area contributed by atoms with E-state index in [9.17, 15) is 19.2 Å². The molecule has 1 aliphatic heterocycles. The van der Waals surface area contributed by atoms with Gasteiger partial charge in [0, 0.05) is 34.3 Å². The summed E-state index contributed by atoms with van der Waals surface area (Å²) in [6, 6.07) is -0.924. The fraction of sp³-hybridized carbons (Fsp3) is 0.846. The molecule has 1 aliphatic rings. The molecule has 1 rings (SSSR count). The third-order valence-electron chi connectivity index (χ3n) is 5.85. The van der Waals surface area contributed by atoms with Gasteiger partial charge in [0.1, 0.15) is 18.8 Å². The average Bonchev–Trinajstić information content (AvgIpc) is 2.78. The molecule has 1 saturated heterocycles. The van der Waals surface area contributed by atoms with E-state index in [4.69, 9.17) is 23.7 Å². The molecule has 1 heterocycles. The Labute approximate surface area is 215 Å². The summed E-state index contributed by atoms with van der Waals surface area (Å²) >= 11 is 0. The van der Waals surface area contributed by atoms with Crippen LogP contribution < -0.4 is 5.32 Å². The second-order valence-electron chi connectivity index (χ2n) is 9.27. The summed E-state index contributed by atoms with van der Waals surface area (Å²) in [5.41, 5.74) is 0. The van der Waals surface area contributed by atoms with Crippen molar-refractivity contribution in [1.29, 1.82) is 0 Å². The molecular weight excluding hydrogens is 470 g/mol. The largest absolute Gasteiger partial charge is 0.463 e. The standard InChI is InChI=1S/C26H45NO9/c1-6-7-8-9-10-11-12-13-14-15-16-32-26-23(27-18(2)28)25(35-21(5)31)24(34-20(4)30)22(36-26)17-33-19(3)29/h22-26H,6-17H2,1-5H3,(H,27,28)/t22-,23-,24+,25-,26-/m1/s1. The van der Waals surface area contributed by atoms with E-state index in [1.165, 1.54) is 72.6 Å². The van der Waals surface area contributed by atoms with Gasteiger partial charge >= 0.3 is 17.9 Å². The molecule has 0 spiro atoms. The predicted octanol–water partition coefficient (Wildman–Crippen LogP) is 3.58. The lowest BCUT2D eigenvalue weighted by Gasteiger charge is -2.44. The number of hydrogen-bond acceptors (Lipinski definition) is 9. The van der Waals surface area contributed by atoms with Gasteiger partial charge in [-0.15, -0.1) is 0 Å². The Balaban J connectivity index is 2.77. The highest BCUT2D eigenvalue weighted by Gasteiger charge is 2.51. The third-order valence-corrected chi connectivity index (χ3v) is 5.85. The minimum atomic E-state index is -1.11. The first-order valence-electron chi connectivity index (χ1n) is 13.2. The van der Waals surface area contributed by atoms with Crippen LogP contribution in [0.5, 0.6) is 0 Å². The van der Waals surface area contributed by atoms with Gasteiger partial charge in [-0.2, -0.15) is 0 Å². The van der Waals surface area contributed by atoms with Crippen molar-refractivity contribution < 1.29 is 42.9 Å². The third kappa shape index (κ3) is 13.2. The summed E-state index contributed by atoms with van der Waals surface area (Å²) in [6.07, 6.45) is 7.60. The van der Waals surface area contributed by atoms with Gasteiger partial charge in [-0.1, -0.05) is 64.7 Å². The number of nitrogens with one attached hydrogen (secondary N) is 1. The molecule has 208 valence electrons. The van der Waals surface area contributed by atoms with Crippen molar-refractivity contribution in [2.75, 3.05) is 13.2 Å². The molecule has 10 nitrogen and oxygen atoms in total. The topological polar surface area (TPSA) is 126 Å². The summed E-state index contributed by atoms with van der Waals surface area (Å²) in [5.74, 6) is -2.21. The molecule has 10 heteroatoms. The molecule has 1 amide bonds. The minimum Gasteiger partial charge on any atom is -0.463 e. The van der Waals surface area contributed by atoms with Gasteiger partial charge in [-0.3, -0.25) is 19.2 Å². The molecule has 5 atom stereocenters. The summed E-state index contributed by atoms with van der Waals surface area (Å²) < 4.78 is 27.9. The molecule has 36 heavy (non-hydrogen) atoms. The number of carbonyl (C=O) groups is 4. The number of unbranched alkanes of at least 4 members (excludes halogenated alkanes) is 9. The van der Waals surface area contributed by atoms with Crippen molar-refractivity contribution in [3.8, 4) is 0 Å². The van der Waals surface area contributed by atoms with E-state index in [0.29, 0.717) is 6.61 Å². The summed E-state index contributed by atoms with van der Waals surface area (Å²) in [4.78, 5) is 47.0. The van der Waals surface area contributed by atoms with Crippen LogP contribution in [0.3, 0.4) is 0 Å². The first-order valence-corrected chi connectivity index (χ1v) is 13.2. The van der Waals surface area contributed by atoms with Crippen molar-refractivity contribution in [3.63, 3.8) is 0 Å². The molecule has 1 fully saturated rings. The molecule has 0 radical (unpaired) electrons. The number of rotatable bonds is 17. The van der Waals surface area contributed by atoms with Crippen LogP contribution in [0.2, 0.25) is 0 Å². The fourth-order valence-corrected chi connectivity index (χ4v) is 4.22. The van der Waals surface area contributed by atoms with Crippen LogP contribution in [0, 0.1) is 0 Å². The first kappa shape index (κ1) is 31.8. The summed E-state index contributed by atoms with van der Waals surface area (Å²) in [6.45, 7) is 7.31. The van der Waals surface area contributed by atoms with Crippen LogP contribution in [0.4, 0.5) is 0 Å². The zero-order valence-electron chi connectivity index (χ0n) is 22.5. The lowest BCUT2D eigenvalue weighted by molar-refractivity contribution is -0.277. The highest BCUT2D eigenvalue weighted by atomic mass is 16.7. The zero-order chi connectivity index (χ0) is 26.9. The Morgan fingerprint density at radius 1 is 0.722 bits per heavy atom. The van der Waals surface area contributed by atoms with Gasteiger partial charge < -0.3 is 29.0 Å². The maximum absolute atomic E-state index is 11.9. The van der Waals surface area contributed by atoms with E-state index in [1.54, 1.807) is 0 Å². The predicted molar refractivity (Wildman–Crippen MR) is 132 cm³/mol. The molecule has 0 saturated carbocycles. The maximum Gasteiger partial charge on any atom is 0.303 e. The van der Waals surface area contributed by atoms with Crippen LogP contribution in [0.25, 0.3) is 0 Å². The van der Waals surface area contributed by atoms with E-state index in [2.05, 4.69) is 12.2 Å². The van der Waals surface area contributed by atoms with Gasteiger partial charge in [0.05, 0.1) is 0 Å². The van der Waals surface area contributed by atoms with Crippen LogP contribution in [-0.2, 0) is 42.9 Å². The minimum absolute atomic E-state index is 0.240. The van der Waals surface area contributed by atoms with Gasteiger partial charge in [0.15, 0.2) is 18.5 Å². The Morgan fingerprint density at radius 2 is 1.25 bits per heavy atom. The number of hydrogen-bond donors (Lipinski definition) is 1. The molecule has 0 aliphatic carbocycles. The van der Waals surface area contributed by atoms with Gasteiger partial charge in [-0.25, -0.2) is 0 Å². The van der Waals surface area contributed by atoms with Crippen LogP contribution in [-0.4, -0.2) is 67.7 Å². The highest BCUT2D eigenvalue weighted by Crippen LogP contribution is 2.28. The molecule has 0 aromatic carbocycles. The highest BCUT2D eigenvalue weighted by molar-refractivity contribution is 5.73. The van der Waals surface area contributed by atoms with Crippen molar-refractivity contribution in [2.24, 2.45) is 0 Å². The van der Waals surface area contributed by atoms with Crippen molar-refractivity contribution in [1.82, 2.24) is 5.32 Å². The second kappa shape index (κ2) is 18.1. The Hall–Kier alpha value is -2.20. The quantitative estimate of drug-likeness (QED) is 0.176. The van der Waals surface area contributed by atoms with Crippen molar-refractivity contribution >= 4 is 23.8 Å². The average molecular weight is 516 g/mol. The van der Waals surface area contributed by atoms with Crippen LogP contribution in [0.15, 0.2) is 0 Å². The smallest absolute Gasteiger partial charge is 0.303 e. The second-order valence-corrected chi connectivity index (χ2v) is 9.27. The molecule has 0 unspecified atom stereocenters. The fourth-order valence-electron chi connectivity index (χ4n) is 4.22. The van der Waals surface area contributed by atoms with E-state index < -0.39 is 54.5 Å². The number of carbonyl (C=O) groups excluding carboxylic acids is 4. The summed E-state index contributed by atoms with van der Waals surface area (Å²) in [7, 11) is 0. The zero-order valence-corrected chi connectivity index (χ0v) is 22.5. The van der Waals surface area contributed by atoms with E-state index in [1.807, 2.05) is 0 Å². The maximum atomic E-state index is 11.9. The van der Waals surface area contributed by atoms with Crippen molar-refractivity contribution in [3.05, 3.63) is 0 Å². The Morgan fingerprint density at radius 3 is 1.75 bits per heavy atom. The normalized spacial score (nSPS) is 23.5. The Kier molecular flexibility index (Phi) is 16.0. The molecular formula is C26H45NO9. The lowest BCUT2D eigenvalue weighted by Crippen LogP contribution is -2.66. The van der Waals surface area contributed by atoms with Gasteiger partial charge in [-0.05, 0) is 6.42 Å². The van der Waals surface area contributed by atoms with E-state index >= 15 is 0 Å². The lowest BCUT2D eigenvalue weighted by atomic mass is 9.96. The Bertz CT molecular complexity index is 684. The molecule has 1 N–H and O–H groups in total. The van der Waals surface area contributed by atoms with Crippen LogP contribution in [0.1, 0.15) is 98.8 Å². The molecule has 0 aromatic heterocycles. The van der Waals surface area contributed by atoms with Crippen LogP contribution >= 0.6 is 0 Å². The SMILES string of the molecule is CCCCCCCCCCCCO[C@@H]1O[C@H](COC(C)=O)[C@H](OC(C)=O)[C@H](OC(C)=O)[C@H]1NC(C)=O. The molecule has 0 aromatic rings. The monoisotopic (exact) mass is 515 g/mol. The molecule has 0 bridgehead atoms. The summed E-state index contributed by atoms with van der Waals surface area (Å²) in [5, 5.41) is 2.70. The van der Waals surface area contributed by atoms with E-state index in [-0.39, 0.29) is 6.61 Å².